The first-order valence-electron chi connectivity index (χ1n) is 6.11. The molecule has 0 radical (unpaired) electrons. The second-order valence-corrected chi connectivity index (χ2v) is 4.86. The van der Waals surface area contributed by atoms with Crippen LogP contribution in [0.3, 0.4) is 0 Å². The molecule has 0 bridgehead atoms. The molecule has 2 heterocycles. The zero-order valence-corrected chi connectivity index (χ0v) is 10.6. The van der Waals surface area contributed by atoms with Gasteiger partial charge in [-0.3, -0.25) is 14.7 Å². The summed E-state index contributed by atoms with van der Waals surface area (Å²) in [6.45, 7) is 5.01. The van der Waals surface area contributed by atoms with Crippen molar-refractivity contribution >= 4 is 5.97 Å². The molecule has 5 nitrogen and oxygen atoms in total. The van der Waals surface area contributed by atoms with Crippen LogP contribution in [0.25, 0.3) is 0 Å². The molecule has 1 aliphatic heterocycles. The smallest absolute Gasteiger partial charge is 0.308 e. The third-order valence-electron chi connectivity index (χ3n) is 3.65. The van der Waals surface area contributed by atoms with Crippen LogP contribution in [0, 0.1) is 12.8 Å². The van der Waals surface area contributed by atoms with Gasteiger partial charge >= 0.3 is 5.97 Å². The minimum Gasteiger partial charge on any atom is -0.506 e. The summed E-state index contributed by atoms with van der Waals surface area (Å²) in [6, 6.07) is 3.36. The predicted octanol–water partition coefficient (Wildman–Crippen LogP) is 1.39. The molecule has 0 aliphatic carbocycles. The summed E-state index contributed by atoms with van der Waals surface area (Å²) in [5, 5.41) is 18.8. The van der Waals surface area contributed by atoms with E-state index in [0.717, 1.165) is 12.2 Å². The molecular formula is C13H18N2O3. The van der Waals surface area contributed by atoms with Gasteiger partial charge in [0.05, 0.1) is 11.6 Å². The van der Waals surface area contributed by atoms with Crippen LogP contribution in [0.4, 0.5) is 0 Å². The molecule has 2 atom stereocenters. The van der Waals surface area contributed by atoms with Gasteiger partial charge in [-0.25, -0.2) is 0 Å². The third-order valence-corrected chi connectivity index (χ3v) is 3.65. The maximum absolute atomic E-state index is 11.0. The quantitative estimate of drug-likeness (QED) is 0.848. The number of rotatable bonds is 3. The van der Waals surface area contributed by atoms with E-state index in [1.165, 1.54) is 0 Å². The van der Waals surface area contributed by atoms with Crippen LogP contribution in [0.15, 0.2) is 12.1 Å². The zero-order chi connectivity index (χ0) is 13.3. The summed E-state index contributed by atoms with van der Waals surface area (Å²) in [5.74, 6) is -0.894. The molecule has 1 fully saturated rings. The fourth-order valence-corrected chi connectivity index (χ4v) is 2.47. The number of carbonyl (C=O) groups is 1. The molecule has 0 saturated carbocycles. The molecule has 2 unspecified atom stereocenters. The first kappa shape index (κ1) is 12.8. The maximum Gasteiger partial charge on any atom is 0.308 e. The molecule has 0 aromatic carbocycles. The van der Waals surface area contributed by atoms with E-state index in [9.17, 15) is 9.90 Å². The number of aryl methyl sites for hydroxylation is 1. The number of aromatic nitrogens is 1. The Balaban J connectivity index is 2.11. The van der Waals surface area contributed by atoms with Gasteiger partial charge in [0.25, 0.3) is 0 Å². The first-order chi connectivity index (χ1) is 8.49. The molecule has 1 saturated heterocycles. The summed E-state index contributed by atoms with van der Waals surface area (Å²) in [4.78, 5) is 17.4. The number of carboxylic acid groups (broad SMARTS) is 1. The van der Waals surface area contributed by atoms with Crippen molar-refractivity contribution in [2.45, 2.75) is 32.9 Å². The largest absolute Gasteiger partial charge is 0.506 e. The lowest BCUT2D eigenvalue weighted by Crippen LogP contribution is -2.32. The van der Waals surface area contributed by atoms with Gasteiger partial charge in [-0.2, -0.15) is 0 Å². The third kappa shape index (κ3) is 2.46. The lowest BCUT2D eigenvalue weighted by atomic mass is 10.0. The van der Waals surface area contributed by atoms with Crippen LogP contribution in [-0.2, 0) is 11.3 Å². The predicted molar refractivity (Wildman–Crippen MR) is 66.3 cm³/mol. The average Bonchev–Trinajstić information content (AvgIpc) is 2.66. The number of hydrogen-bond donors (Lipinski definition) is 2. The molecule has 18 heavy (non-hydrogen) atoms. The second-order valence-electron chi connectivity index (χ2n) is 4.86. The number of nitrogens with zero attached hydrogens (tertiary/aromatic N) is 2. The Bertz CT molecular complexity index is 462. The van der Waals surface area contributed by atoms with E-state index in [1.54, 1.807) is 12.1 Å². The molecule has 1 aromatic rings. The SMILES string of the molecule is Cc1ccc(O)c(CN2CCC(C(=O)O)C2C)n1. The number of aromatic hydroxyl groups is 1. The summed E-state index contributed by atoms with van der Waals surface area (Å²) in [7, 11) is 0. The van der Waals surface area contributed by atoms with E-state index in [2.05, 4.69) is 9.88 Å². The molecular weight excluding hydrogens is 232 g/mol. The molecule has 2 rings (SSSR count). The highest BCUT2D eigenvalue weighted by molar-refractivity contribution is 5.71. The zero-order valence-electron chi connectivity index (χ0n) is 10.6. The second kappa shape index (κ2) is 4.94. The highest BCUT2D eigenvalue weighted by Crippen LogP contribution is 2.27. The number of pyridine rings is 1. The van der Waals surface area contributed by atoms with Crippen molar-refractivity contribution in [2.24, 2.45) is 5.92 Å². The Labute approximate surface area is 106 Å². The number of likely N-dealkylation sites (tertiary alicyclic amines) is 1. The molecule has 0 spiro atoms. The van der Waals surface area contributed by atoms with Crippen LogP contribution in [0.2, 0.25) is 0 Å². The van der Waals surface area contributed by atoms with E-state index in [-0.39, 0.29) is 17.7 Å². The van der Waals surface area contributed by atoms with Gasteiger partial charge in [-0.1, -0.05) is 0 Å². The topological polar surface area (TPSA) is 73.7 Å². The summed E-state index contributed by atoms with van der Waals surface area (Å²) < 4.78 is 0. The molecule has 0 amide bonds. The van der Waals surface area contributed by atoms with E-state index in [4.69, 9.17) is 5.11 Å². The highest BCUT2D eigenvalue weighted by Gasteiger charge is 2.35. The molecule has 2 N–H and O–H groups in total. The van der Waals surface area contributed by atoms with Gasteiger partial charge in [0, 0.05) is 18.3 Å². The van der Waals surface area contributed by atoms with Crippen molar-refractivity contribution in [3.63, 3.8) is 0 Å². The van der Waals surface area contributed by atoms with Crippen LogP contribution in [-0.4, -0.2) is 38.7 Å². The maximum atomic E-state index is 11.0. The fourth-order valence-electron chi connectivity index (χ4n) is 2.47. The van der Waals surface area contributed by atoms with Crippen molar-refractivity contribution in [1.82, 2.24) is 9.88 Å². The lowest BCUT2D eigenvalue weighted by Gasteiger charge is -2.22. The number of carboxylic acids is 1. The molecule has 5 heteroatoms. The van der Waals surface area contributed by atoms with Crippen LogP contribution >= 0.6 is 0 Å². The van der Waals surface area contributed by atoms with E-state index < -0.39 is 5.97 Å². The van der Waals surface area contributed by atoms with Crippen molar-refractivity contribution in [2.75, 3.05) is 6.54 Å². The van der Waals surface area contributed by atoms with E-state index in [0.29, 0.717) is 18.7 Å². The summed E-state index contributed by atoms with van der Waals surface area (Å²) in [5.41, 5.74) is 1.47. The van der Waals surface area contributed by atoms with E-state index >= 15 is 0 Å². The molecule has 1 aliphatic rings. The lowest BCUT2D eigenvalue weighted by molar-refractivity contribution is -0.142. The first-order valence-corrected chi connectivity index (χ1v) is 6.11. The van der Waals surface area contributed by atoms with Crippen LogP contribution in [0.5, 0.6) is 5.75 Å². The van der Waals surface area contributed by atoms with Crippen LogP contribution in [0.1, 0.15) is 24.7 Å². The monoisotopic (exact) mass is 250 g/mol. The van der Waals surface area contributed by atoms with Gasteiger partial charge in [0.15, 0.2) is 0 Å². The van der Waals surface area contributed by atoms with Crippen LogP contribution < -0.4 is 0 Å². The average molecular weight is 250 g/mol. The Morgan fingerprint density at radius 2 is 2.28 bits per heavy atom. The Hall–Kier alpha value is -1.62. The standard InChI is InChI=1S/C13H18N2O3/c1-8-3-4-12(16)11(14-8)7-15-6-5-10(9(15)2)13(17)18/h3-4,9-10,16H,5-7H2,1-2H3,(H,17,18). The van der Waals surface area contributed by atoms with Crippen molar-refractivity contribution in [1.29, 1.82) is 0 Å². The van der Waals surface area contributed by atoms with Gasteiger partial charge in [0.2, 0.25) is 0 Å². The fraction of sp³-hybridized carbons (Fsp3) is 0.538. The van der Waals surface area contributed by atoms with Crippen molar-refractivity contribution in [3.05, 3.63) is 23.5 Å². The van der Waals surface area contributed by atoms with Crippen molar-refractivity contribution < 1.29 is 15.0 Å². The van der Waals surface area contributed by atoms with Gasteiger partial charge < -0.3 is 10.2 Å². The van der Waals surface area contributed by atoms with Crippen molar-refractivity contribution in [3.8, 4) is 5.75 Å². The van der Waals surface area contributed by atoms with E-state index in [1.807, 2.05) is 13.8 Å². The normalized spacial score (nSPS) is 24.3. The Morgan fingerprint density at radius 3 is 2.89 bits per heavy atom. The summed E-state index contributed by atoms with van der Waals surface area (Å²) >= 11 is 0. The van der Waals surface area contributed by atoms with Gasteiger partial charge in [0.1, 0.15) is 5.75 Å². The van der Waals surface area contributed by atoms with Gasteiger partial charge in [-0.05, 0) is 38.9 Å². The van der Waals surface area contributed by atoms with Gasteiger partial charge in [-0.15, -0.1) is 0 Å². The molecule has 1 aromatic heterocycles. The highest BCUT2D eigenvalue weighted by atomic mass is 16.4. The number of aliphatic carboxylic acids is 1. The Kier molecular flexibility index (Phi) is 3.52. The summed E-state index contributed by atoms with van der Waals surface area (Å²) in [6.07, 6.45) is 0.656. The number of hydrogen-bond acceptors (Lipinski definition) is 4. The minimum atomic E-state index is -0.744. The minimum absolute atomic E-state index is 0.0239. The molecule has 98 valence electrons. The Morgan fingerprint density at radius 1 is 1.56 bits per heavy atom.